The largest absolute Gasteiger partial charge is 0.319 e. The van der Waals surface area contributed by atoms with Gasteiger partial charge >= 0.3 is 0 Å². The van der Waals surface area contributed by atoms with Crippen molar-refractivity contribution in [2.24, 2.45) is 5.92 Å². The van der Waals surface area contributed by atoms with Crippen molar-refractivity contribution in [1.82, 2.24) is 4.90 Å². The molecule has 1 heterocycles. The van der Waals surface area contributed by atoms with E-state index in [1.165, 1.54) is 24.5 Å². The second kappa shape index (κ2) is 8.11. The van der Waals surface area contributed by atoms with Crippen molar-refractivity contribution in [3.05, 3.63) is 63.9 Å². The maximum atomic E-state index is 13.8. The average Bonchev–Trinajstić information content (AvgIpc) is 2.60. The van der Waals surface area contributed by atoms with Gasteiger partial charge in [0.05, 0.1) is 5.69 Å². The summed E-state index contributed by atoms with van der Waals surface area (Å²) in [5.41, 5.74) is 1.90. The Balaban J connectivity index is 1.60. The fourth-order valence-corrected chi connectivity index (χ4v) is 3.36. The van der Waals surface area contributed by atoms with Crippen LogP contribution in [0, 0.1) is 11.7 Å². The highest BCUT2D eigenvalue weighted by atomic mass is 79.9. The van der Waals surface area contributed by atoms with E-state index in [2.05, 4.69) is 33.1 Å². The molecular formula is C20H22BrFN2O. The van der Waals surface area contributed by atoms with Crippen LogP contribution in [0.3, 0.4) is 0 Å². The highest BCUT2D eigenvalue weighted by molar-refractivity contribution is 9.10. The van der Waals surface area contributed by atoms with Gasteiger partial charge in [0.2, 0.25) is 0 Å². The third kappa shape index (κ3) is 4.89. The quantitative estimate of drug-likeness (QED) is 0.770. The number of hydrogen-bond acceptors (Lipinski definition) is 2. The van der Waals surface area contributed by atoms with Crippen LogP contribution in [-0.2, 0) is 6.54 Å². The van der Waals surface area contributed by atoms with E-state index >= 15 is 0 Å². The summed E-state index contributed by atoms with van der Waals surface area (Å²) in [6.07, 6.45) is 2.50. The van der Waals surface area contributed by atoms with Crippen LogP contribution < -0.4 is 5.32 Å². The third-order valence-electron chi connectivity index (χ3n) is 4.68. The normalized spacial score (nSPS) is 16.0. The van der Waals surface area contributed by atoms with Crippen LogP contribution in [0.25, 0.3) is 0 Å². The van der Waals surface area contributed by atoms with Gasteiger partial charge in [0.1, 0.15) is 5.82 Å². The van der Waals surface area contributed by atoms with Crippen molar-refractivity contribution >= 4 is 27.5 Å². The Morgan fingerprint density at radius 1 is 1.20 bits per heavy atom. The molecule has 1 N–H and O–H groups in total. The summed E-state index contributed by atoms with van der Waals surface area (Å²) in [6, 6.07) is 12.1. The molecule has 132 valence electrons. The highest BCUT2D eigenvalue weighted by Gasteiger charge is 2.16. The van der Waals surface area contributed by atoms with Gasteiger partial charge in [-0.1, -0.05) is 35.0 Å². The maximum absolute atomic E-state index is 13.8. The van der Waals surface area contributed by atoms with Crippen LogP contribution in [0.15, 0.2) is 46.9 Å². The molecule has 0 aromatic heterocycles. The fourth-order valence-electron chi connectivity index (χ4n) is 3.03. The Hall–Kier alpha value is -1.72. The average molecular weight is 405 g/mol. The molecule has 2 aromatic rings. The molecule has 1 aliphatic heterocycles. The lowest BCUT2D eigenvalue weighted by Crippen LogP contribution is -2.32. The van der Waals surface area contributed by atoms with Crippen LogP contribution >= 0.6 is 15.9 Å². The van der Waals surface area contributed by atoms with Crippen molar-refractivity contribution in [3.8, 4) is 0 Å². The molecule has 0 aliphatic carbocycles. The molecule has 2 aromatic carbocycles. The number of hydrogen-bond donors (Lipinski definition) is 1. The van der Waals surface area contributed by atoms with Crippen LogP contribution in [0.2, 0.25) is 0 Å². The molecule has 1 saturated heterocycles. The summed E-state index contributed by atoms with van der Waals surface area (Å²) in [5, 5.41) is 2.61. The lowest BCUT2D eigenvalue weighted by atomic mass is 9.99. The Kier molecular flexibility index (Phi) is 5.86. The van der Waals surface area contributed by atoms with E-state index in [0.29, 0.717) is 10.0 Å². The number of halogens is 2. The molecule has 0 saturated carbocycles. The van der Waals surface area contributed by atoms with E-state index < -0.39 is 5.82 Å². The third-order valence-corrected chi connectivity index (χ3v) is 5.17. The summed E-state index contributed by atoms with van der Waals surface area (Å²) in [7, 11) is 0. The maximum Gasteiger partial charge on any atom is 0.255 e. The second-order valence-electron chi connectivity index (χ2n) is 6.73. The number of amides is 1. The number of rotatable bonds is 4. The lowest BCUT2D eigenvalue weighted by Gasteiger charge is -2.30. The smallest absolute Gasteiger partial charge is 0.255 e. The highest BCUT2D eigenvalue weighted by Crippen LogP contribution is 2.21. The molecule has 5 heteroatoms. The summed E-state index contributed by atoms with van der Waals surface area (Å²) < 4.78 is 14.5. The predicted molar refractivity (Wildman–Crippen MR) is 102 cm³/mol. The molecule has 25 heavy (non-hydrogen) atoms. The first-order chi connectivity index (χ1) is 12.0. The Morgan fingerprint density at radius 3 is 2.52 bits per heavy atom. The number of anilines is 1. The first kappa shape index (κ1) is 18.1. The van der Waals surface area contributed by atoms with Gasteiger partial charge in [0.15, 0.2) is 0 Å². The van der Waals surface area contributed by atoms with E-state index in [-0.39, 0.29) is 11.6 Å². The standard InChI is InChI=1S/C20H22BrFN2O/c1-14-8-10-24(11-9-14)13-15-2-4-16(5-3-15)20(25)23-19-7-6-17(21)12-18(19)22/h2-7,12,14H,8-11,13H2,1H3,(H,23,25). The minimum absolute atomic E-state index is 0.180. The van der Waals surface area contributed by atoms with Crippen molar-refractivity contribution in [2.75, 3.05) is 18.4 Å². The molecule has 3 nitrogen and oxygen atoms in total. The van der Waals surface area contributed by atoms with Crippen LogP contribution in [0.4, 0.5) is 10.1 Å². The van der Waals surface area contributed by atoms with Crippen molar-refractivity contribution in [2.45, 2.75) is 26.3 Å². The van der Waals surface area contributed by atoms with E-state index in [1.807, 2.05) is 12.1 Å². The van der Waals surface area contributed by atoms with Gasteiger partial charge in [-0.05, 0) is 67.7 Å². The Bertz CT molecular complexity index is 740. The van der Waals surface area contributed by atoms with Crippen LogP contribution in [0.1, 0.15) is 35.7 Å². The zero-order chi connectivity index (χ0) is 17.8. The van der Waals surface area contributed by atoms with Gasteiger partial charge in [0, 0.05) is 16.6 Å². The van der Waals surface area contributed by atoms with Crippen LogP contribution in [-0.4, -0.2) is 23.9 Å². The van der Waals surface area contributed by atoms with E-state index in [1.54, 1.807) is 24.3 Å². The summed E-state index contributed by atoms with van der Waals surface area (Å²) in [4.78, 5) is 14.7. The molecule has 0 spiro atoms. The first-order valence-corrected chi connectivity index (χ1v) is 9.38. The van der Waals surface area contributed by atoms with Gasteiger partial charge in [-0.15, -0.1) is 0 Å². The van der Waals surface area contributed by atoms with Gasteiger partial charge < -0.3 is 5.32 Å². The van der Waals surface area contributed by atoms with Crippen molar-refractivity contribution < 1.29 is 9.18 Å². The van der Waals surface area contributed by atoms with Crippen LogP contribution in [0.5, 0.6) is 0 Å². The summed E-state index contributed by atoms with van der Waals surface area (Å²) >= 11 is 3.20. The molecule has 1 aliphatic rings. The molecular weight excluding hydrogens is 383 g/mol. The molecule has 1 amide bonds. The Morgan fingerprint density at radius 2 is 1.88 bits per heavy atom. The number of carbonyl (C=O) groups excluding carboxylic acids is 1. The number of nitrogens with one attached hydrogen (secondary N) is 1. The topological polar surface area (TPSA) is 32.3 Å². The van der Waals surface area contributed by atoms with E-state index in [9.17, 15) is 9.18 Å². The number of nitrogens with zero attached hydrogens (tertiary/aromatic N) is 1. The van der Waals surface area contributed by atoms with Gasteiger partial charge in [-0.2, -0.15) is 0 Å². The Labute approximate surface area is 156 Å². The SMILES string of the molecule is CC1CCN(Cc2ccc(C(=O)Nc3ccc(Br)cc3F)cc2)CC1. The minimum Gasteiger partial charge on any atom is -0.319 e. The summed E-state index contributed by atoms with van der Waals surface area (Å²) in [6.45, 7) is 5.48. The fraction of sp³-hybridized carbons (Fsp3) is 0.350. The first-order valence-electron chi connectivity index (χ1n) is 8.59. The molecule has 3 rings (SSSR count). The lowest BCUT2D eigenvalue weighted by molar-refractivity contribution is 0.102. The van der Waals surface area contributed by atoms with Crippen molar-refractivity contribution in [1.29, 1.82) is 0 Å². The predicted octanol–water partition coefficient (Wildman–Crippen LogP) is 5.07. The monoisotopic (exact) mass is 404 g/mol. The number of likely N-dealkylation sites (tertiary alicyclic amines) is 1. The molecule has 0 radical (unpaired) electrons. The summed E-state index contributed by atoms with van der Waals surface area (Å²) in [5.74, 6) is 0.0552. The van der Waals surface area contributed by atoms with E-state index in [0.717, 1.165) is 25.6 Å². The van der Waals surface area contributed by atoms with Gasteiger partial charge in [0.25, 0.3) is 5.91 Å². The second-order valence-corrected chi connectivity index (χ2v) is 7.65. The minimum atomic E-state index is -0.460. The zero-order valence-corrected chi connectivity index (χ0v) is 15.9. The van der Waals surface area contributed by atoms with Crippen molar-refractivity contribution in [3.63, 3.8) is 0 Å². The zero-order valence-electron chi connectivity index (χ0n) is 14.3. The molecule has 1 fully saturated rings. The molecule has 0 atom stereocenters. The number of benzene rings is 2. The van der Waals surface area contributed by atoms with Gasteiger partial charge in [-0.3, -0.25) is 9.69 Å². The number of carbonyl (C=O) groups is 1. The van der Waals surface area contributed by atoms with E-state index in [4.69, 9.17) is 0 Å². The molecule has 0 bridgehead atoms. The van der Waals surface area contributed by atoms with Gasteiger partial charge in [-0.25, -0.2) is 4.39 Å². The number of piperidine rings is 1. The molecule has 0 unspecified atom stereocenters.